The van der Waals surface area contributed by atoms with E-state index in [1.165, 1.54) is 5.56 Å². The first-order chi connectivity index (χ1) is 9.75. The van der Waals surface area contributed by atoms with Crippen LogP contribution in [-0.2, 0) is 9.63 Å². The lowest BCUT2D eigenvalue weighted by molar-refractivity contribution is -0.156. The predicted octanol–water partition coefficient (Wildman–Crippen LogP) is 1.98. The van der Waals surface area contributed by atoms with E-state index >= 15 is 0 Å². The quantitative estimate of drug-likeness (QED) is 0.783. The maximum absolute atomic E-state index is 12.4. The molecule has 0 aliphatic carbocycles. The van der Waals surface area contributed by atoms with Gasteiger partial charge >= 0.3 is 0 Å². The SMILES string of the molecule is CN1O[C@@H](c2ccccc2)[C@@H]2CC(=O)N3CCC[C@H]3[C@@H]21. The van der Waals surface area contributed by atoms with Crippen LogP contribution in [0.4, 0.5) is 0 Å². The van der Waals surface area contributed by atoms with E-state index < -0.39 is 0 Å². The third-order valence-electron chi connectivity index (χ3n) is 5.08. The number of hydrogen-bond donors (Lipinski definition) is 0. The minimum absolute atomic E-state index is 0.0258. The molecule has 0 bridgehead atoms. The van der Waals surface area contributed by atoms with Gasteiger partial charge in [0.15, 0.2) is 0 Å². The Hall–Kier alpha value is -1.39. The van der Waals surface area contributed by atoms with Crippen molar-refractivity contribution in [2.24, 2.45) is 5.92 Å². The number of benzene rings is 1. The van der Waals surface area contributed by atoms with E-state index in [2.05, 4.69) is 17.0 Å². The molecule has 1 aromatic carbocycles. The number of piperidine rings is 1. The van der Waals surface area contributed by atoms with Gasteiger partial charge in [-0.25, -0.2) is 0 Å². The molecule has 3 aliphatic heterocycles. The van der Waals surface area contributed by atoms with Crippen LogP contribution in [0.3, 0.4) is 0 Å². The van der Waals surface area contributed by atoms with E-state index in [0.717, 1.165) is 19.4 Å². The summed E-state index contributed by atoms with van der Waals surface area (Å²) in [5.74, 6) is 0.600. The van der Waals surface area contributed by atoms with Gasteiger partial charge in [-0.3, -0.25) is 9.63 Å². The van der Waals surface area contributed by atoms with Gasteiger partial charge in [-0.1, -0.05) is 30.3 Å². The van der Waals surface area contributed by atoms with Gasteiger partial charge in [0, 0.05) is 32.0 Å². The number of rotatable bonds is 1. The van der Waals surface area contributed by atoms with E-state index in [-0.39, 0.29) is 12.0 Å². The molecule has 1 aromatic rings. The molecule has 0 aromatic heterocycles. The highest BCUT2D eigenvalue weighted by molar-refractivity contribution is 5.78. The van der Waals surface area contributed by atoms with Crippen LogP contribution in [0.1, 0.15) is 30.9 Å². The van der Waals surface area contributed by atoms with Gasteiger partial charge in [-0.2, -0.15) is 5.06 Å². The molecule has 0 radical (unpaired) electrons. The van der Waals surface area contributed by atoms with Gasteiger partial charge in [0.1, 0.15) is 6.10 Å². The lowest BCUT2D eigenvalue weighted by Gasteiger charge is -2.39. The number of amides is 1. The predicted molar refractivity (Wildman–Crippen MR) is 74.7 cm³/mol. The Balaban J connectivity index is 1.68. The number of likely N-dealkylation sites (N-methyl/N-ethyl adjacent to an activating group) is 1. The minimum atomic E-state index is 0.0258. The smallest absolute Gasteiger partial charge is 0.223 e. The van der Waals surface area contributed by atoms with Gasteiger partial charge in [0.05, 0.1) is 6.04 Å². The van der Waals surface area contributed by atoms with Gasteiger partial charge in [0.2, 0.25) is 5.91 Å². The molecule has 3 heterocycles. The summed E-state index contributed by atoms with van der Waals surface area (Å²) in [5.41, 5.74) is 1.19. The van der Waals surface area contributed by atoms with Crippen LogP contribution in [-0.4, -0.2) is 41.5 Å². The van der Waals surface area contributed by atoms with Crippen LogP contribution in [0, 0.1) is 5.92 Å². The number of fused-ring (bicyclic) bond motifs is 3. The van der Waals surface area contributed by atoms with Crippen LogP contribution >= 0.6 is 0 Å². The molecule has 3 fully saturated rings. The molecular weight excluding hydrogens is 252 g/mol. The third-order valence-corrected chi connectivity index (χ3v) is 5.08. The fraction of sp³-hybridized carbons (Fsp3) is 0.562. The van der Waals surface area contributed by atoms with Crippen LogP contribution < -0.4 is 0 Å². The molecule has 4 rings (SSSR count). The molecule has 3 saturated heterocycles. The molecule has 106 valence electrons. The van der Waals surface area contributed by atoms with Crippen molar-refractivity contribution in [2.45, 2.75) is 37.5 Å². The van der Waals surface area contributed by atoms with Gasteiger partial charge in [0.25, 0.3) is 0 Å². The zero-order valence-corrected chi connectivity index (χ0v) is 11.7. The molecule has 0 N–H and O–H groups in total. The summed E-state index contributed by atoms with van der Waals surface area (Å²) in [6.45, 7) is 0.927. The molecular formula is C16H20N2O2. The fourth-order valence-corrected chi connectivity index (χ4v) is 4.26. The van der Waals surface area contributed by atoms with Crippen molar-refractivity contribution in [1.29, 1.82) is 0 Å². The average molecular weight is 272 g/mol. The average Bonchev–Trinajstić information content (AvgIpc) is 3.05. The zero-order chi connectivity index (χ0) is 13.7. The summed E-state index contributed by atoms with van der Waals surface area (Å²) in [5, 5.41) is 2.01. The maximum atomic E-state index is 12.4. The first-order valence-electron chi connectivity index (χ1n) is 7.50. The van der Waals surface area contributed by atoms with Crippen LogP contribution in [0.2, 0.25) is 0 Å². The molecule has 1 amide bonds. The third kappa shape index (κ3) is 1.71. The lowest BCUT2D eigenvalue weighted by Crippen LogP contribution is -2.54. The molecule has 4 heteroatoms. The van der Waals surface area contributed by atoms with Gasteiger partial charge in [-0.05, 0) is 18.4 Å². The van der Waals surface area contributed by atoms with Crippen LogP contribution in [0.25, 0.3) is 0 Å². The molecule has 0 spiro atoms. The van der Waals surface area contributed by atoms with Crippen molar-refractivity contribution < 1.29 is 9.63 Å². The largest absolute Gasteiger partial charge is 0.338 e. The summed E-state index contributed by atoms with van der Waals surface area (Å²) in [7, 11) is 2.02. The Bertz CT molecular complexity index is 518. The lowest BCUT2D eigenvalue weighted by atomic mass is 9.80. The van der Waals surface area contributed by atoms with E-state index in [9.17, 15) is 4.79 Å². The molecule has 4 atom stereocenters. The highest BCUT2D eigenvalue weighted by Crippen LogP contribution is 2.46. The highest BCUT2D eigenvalue weighted by Gasteiger charge is 2.53. The van der Waals surface area contributed by atoms with E-state index in [4.69, 9.17) is 4.84 Å². The number of hydroxylamine groups is 2. The van der Waals surface area contributed by atoms with Crippen LogP contribution in [0.5, 0.6) is 0 Å². The second-order valence-corrected chi connectivity index (χ2v) is 6.14. The molecule has 3 aliphatic rings. The van der Waals surface area contributed by atoms with E-state index in [1.54, 1.807) is 0 Å². The Morgan fingerprint density at radius 1 is 1.25 bits per heavy atom. The summed E-state index contributed by atoms with van der Waals surface area (Å²) < 4.78 is 0. The van der Waals surface area contributed by atoms with Crippen molar-refractivity contribution in [3.63, 3.8) is 0 Å². The second kappa shape index (κ2) is 4.57. The van der Waals surface area contributed by atoms with Crippen LogP contribution in [0.15, 0.2) is 30.3 Å². The first kappa shape index (κ1) is 12.4. The Morgan fingerprint density at radius 3 is 2.85 bits per heavy atom. The van der Waals surface area contributed by atoms with Crippen molar-refractivity contribution in [3.05, 3.63) is 35.9 Å². The van der Waals surface area contributed by atoms with Crippen molar-refractivity contribution in [2.75, 3.05) is 13.6 Å². The number of nitrogens with zero attached hydrogens (tertiary/aromatic N) is 2. The monoisotopic (exact) mass is 272 g/mol. The van der Waals surface area contributed by atoms with Crippen molar-refractivity contribution >= 4 is 5.91 Å². The summed E-state index contributed by atoms with van der Waals surface area (Å²) in [6, 6.07) is 11.0. The number of hydrogen-bond acceptors (Lipinski definition) is 3. The fourth-order valence-electron chi connectivity index (χ4n) is 4.26. The normalized spacial score (nSPS) is 37.0. The van der Waals surface area contributed by atoms with Gasteiger partial charge < -0.3 is 4.90 Å². The topological polar surface area (TPSA) is 32.8 Å². The molecule has 0 saturated carbocycles. The zero-order valence-electron chi connectivity index (χ0n) is 11.7. The Morgan fingerprint density at radius 2 is 2.05 bits per heavy atom. The minimum Gasteiger partial charge on any atom is -0.338 e. The standard InChI is InChI=1S/C16H20N2O2/c1-17-15-12(10-14(19)18-9-5-8-13(15)18)16(20-17)11-6-3-2-4-7-11/h2-4,6-7,12-13,15-16H,5,8-10H2,1H3/t12-,13+,15-,16+/m1/s1. The summed E-state index contributed by atoms with van der Waals surface area (Å²) >= 11 is 0. The van der Waals surface area contributed by atoms with Crippen molar-refractivity contribution in [3.8, 4) is 0 Å². The molecule has 20 heavy (non-hydrogen) atoms. The number of carbonyl (C=O) groups is 1. The highest BCUT2D eigenvalue weighted by atomic mass is 16.7. The molecule has 0 unspecified atom stereocenters. The number of carbonyl (C=O) groups excluding carboxylic acids is 1. The first-order valence-corrected chi connectivity index (χ1v) is 7.50. The van der Waals surface area contributed by atoms with E-state index in [0.29, 0.717) is 24.4 Å². The second-order valence-electron chi connectivity index (χ2n) is 6.14. The van der Waals surface area contributed by atoms with Gasteiger partial charge in [-0.15, -0.1) is 0 Å². The molecule has 4 nitrogen and oxygen atoms in total. The maximum Gasteiger partial charge on any atom is 0.223 e. The summed E-state index contributed by atoms with van der Waals surface area (Å²) in [6.07, 6.45) is 2.88. The Labute approximate surface area is 119 Å². The Kier molecular flexibility index (Phi) is 2.82. The van der Waals surface area contributed by atoms with E-state index in [1.807, 2.05) is 30.3 Å². The summed E-state index contributed by atoms with van der Waals surface area (Å²) in [4.78, 5) is 20.5. The van der Waals surface area contributed by atoms with Crippen molar-refractivity contribution in [1.82, 2.24) is 9.96 Å².